The number of hydrogen-bond acceptors (Lipinski definition) is 3. The Morgan fingerprint density at radius 2 is 1.89 bits per heavy atom. The van der Waals surface area contributed by atoms with Crippen molar-refractivity contribution >= 4 is 28.5 Å². The van der Waals surface area contributed by atoms with Gasteiger partial charge in [-0.3, -0.25) is 0 Å². The fraction of sp³-hybridized carbons (Fsp3) is 0.286. The van der Waals surface area contributed by atoms with Crippen LogP contribution in [0.5, 0.6) is 0 Å². The molecule has 0 atom stereocenters. The summed E-state index contributed by atoms with van der Waals surface area (Å²) in [5.41, 5.74) is -0.281. The maximum Gasteiger partial charge on any atom is 0.351 e. The van der Waals surface area contributed by atoms with Crippen LogP contribution in [0.4, 0.5) is 0 Å². The summed E-state index contributed by atoms with van der Waals surface area (Å²) in [6, 6.07) is 4.81. The average Bonchev–Trinajstić information content (AvgIpc) is 2.27. The van der Waals surface area contributed by atoms with Crippen molar-refractivity contribution in [1.29, 1.82) is 0 Å². The molecular weight excluding hydrogens is 268 g/mol. The van der Waals surface area contributed by atoms with E-state index in [0.29, 0.717) is 10.4 Å². The molecule has 0 saturated carbocycles. The number of carbonyl (C=O) groups is 1. The van der Waals surface area contributed by atoms with Crippen LogP contribution in [0.25, 0.3) is 11.0 Å². The summed E-state index contributed by atoms with van der Waals surface area (Å²) in [5, 5.41) is 9.74. The van der Waals surface area contributed by atoms with Gasteiger partial charge >= 0.3 is 11.6 Å². The van der Waals surface area contributed by atoms with Gasteiger partial charge in [-0.25, -0.2) is 9.59 Å². The molecule has 19 heavy (non-hydrogen) atoms. The Morgan fingerprint density at radius 3 is 2.42 bits per heavy atom. The van der Waals surface area contributed by atoms with Crippen molar-refractivity contribution in [2.45, 2.75) is 26.2 Å². The predicted molar refractivity (Wildman–Crippen MR) is 73.2 cm³/mol. The number of carboxylic acids is 1. The van der Waals surface area contributed by atoms with Gasteiger partial charge in [-0.15, -0.1) is 0 Å². The van der Waals surface area contributed by atoms with E-state index in [1.165, 1.54) is 6.07 Å². The lowest BCUT2D eigenvalue weighted by Gasteiger charge is -2.19. The molecule has 2 aromatic rings. The third kappa shape index (κ3) is 2.49. The van der Waals surface area contributed by atoms with Crippen LogP contribution in [-0.4, -0.2) is 11.1 Å². The molecule has 0 saturated heterocycles. The highest BCUT2D eigenvalue weighted by molar-refractivity contribution is 6.34. The van der Waals surface area contributed by atoms with E-state index in [2.05, 4.69) is 0 Å². The van der Waals surface area contributed by atoms with Crippen LogP contribution in [0.2, 0.25) is 5.02 Å². The molecule has 2 rings (SSSR count). The lowest BCUT2D eigenvalue weighted by atomic mass is 9.86. The molecule has 100 valence electrons. The second-order valence-corrected chi connectivity index (χ2v) is 5.79. The molecule has 0 aliphatic heterocycles. The molecule has 1 heterocycles. The van der Waals surface area contributed by atoms with Crippen LogP contribution in [0, 0.1) is 0 Å². The Bertz CT molecular complexity index is 723. The molecule has 0 aliphatic carbocycles. The summed E-state index contributed by atoms with van der Waals surface area (Å²) < 4.78 is 4.98. The first-order valence-electron chi connectivity index (χ1n) is 5.71. The standard InChI is InChI=1S/C14H13ClO4/c1-14(2,3)8-4-7-5-9(12(16)17)13(18)19-11(7)10(15)6-8/h4-6H,1-3H3,(H,16,17). The molecular formula is C14H13ClO4. The number of fused-ring (bicyclic) bond motifs is 1. The first kappa shape index (κ1) is 13.6. The summed E-state index contributed by atoms with van der Waals surface area (Å²) in [4.78, 5) is 22.4. The summed E-state index contributed by atoms with van der Waals surface area (Å²) in [7, 11) is 0. The molecule has 0 aliphatic rings. The highest BCUT2D eigenvalue weighted by Crippen LogP contribution is 2.31. The minimum absolute atomic E-state index is 0.142. The number of hydrogen-bond donors (Lipinski definition) is 1. The summed E-state index contributed by atoms with van der Waals surface area (Å²) >= 11 is 6.09. The summed E-state index contributed by atoms with van der Waals surface area (Å²) in [6.45, 7) is 6.05. The van der Waals surface area contributed by atoms with Gasteiger partial charge in [0.05, 0.1) is 5.02 Å². The van der Waals surface area contributed by atoms with Crippen LogP contribution in [-0.2, 0) is 5.41 Å². The van der Waals surface area contributed by atoms with Gasteiger partial charge in [0.25, 0.3) is 0 Å². The Hall–Kier alpha value is -1.81. The first-order chi connectivity index (χ1) is 8.70. The highest BCUT2D eigenvalue weighted by atomic mass is 35.5. The van der Waals surface area contributed by atoms with Gasteiger partial charge in [0.15, 0.2) is 5.58 Å². The van der Waals surface area contributed by atoms with E-state index >= 15 is 0 Å². The zero-order valence-corrected chi connectivity index (χ0v) is 11.5. The summed E-state index contributed by atoms with van der Waals surface area (Å²) in [5.74, 6) is -1.31. The zero-order valence-electron chi connectivity index (χ0n) is 10.8. The van der Waals surface area contributed by atoms with E-state index in [0.717, 1.165) is 5.56 Å². The monoisotopic (exact) mass is 280 g/mol. The molecule has 4 nitrogen and oxygen atoms in total. The molecule has 0 radical (unpaired) electrons. The van der Waals surface area contributed by atoms with E-state index in [1.54, 1.807) is 12.1 Å². The van der Waals surface area contributed by atoms with Gasteiger partial charge in [0.1, 0.15) is 5.56 Å². The van der Waals surface area contributed by atoms with Crippen LogP contribution in [0.15, 0.2) is 27.4 Å². The number of benzene rings is 1. The van der Waals surface area contributed by atoms with E-state index in [4.69, 9.17) is 21.1 Å². The number of carboxylic acid groups (broad SMARTS) is 1. The van der Waals surface area contributed by atoms with Gasteiger partial charge in [-0.2, -0.15) is 0 Å². The maximum atomic E-state index is 11.5. The van der Waals surface area contributed by atoms with Gasteiger partial charge < -0.3 is 9.52 Å². The molecule has 0 fully saturated rings. The third-order valence-corrected chi connectivity index (χ3v) is 3.16. The van der Waals surface area contributed by atoms with E-state index < -0.39 is 17.2 Å². The lowest BCUT2D eigenvalue weighted by molar-refractivity contribution is 0.0692. The van der Waals surface area contributed by atoms with Crippen molar-refractivity contribution in [1.82, 2.24) is 0 Å². The number of rotatable bonds is 1. The molecule has 1 aromatic carbocycles. The second kappa shape index (κ2) is 4.38. The lowest BCUT2D eigenvalue weighted by Crippen LogP contribution is -2.14. The normalized spacial score (nSPS) is 11.8. The van der Waals surface area contributed by atoms with Gasteiger partial charge in [-0.1, -0.05) is 32.4 Å². The molecule has 0 bridgehead atoms. The quantitative estimate of drug-likeness (QED) is 0.813. The topological polar surface area (TPSA) is 67.5 Å². The summed E-state index contributed by atoms with van der Waals surface area (Å²) in [6.07, 6.45) is 0. The van der Waals surface area contributed by atoms with E-state index in [1.807, 2.05) is 20.8 Å². The van der Waals surface area contributed by atoms with Crippen molar-refractivity contribution in [3.8, 4) is 0 Å². The number of halogens is 1. The van der Waals surface area contributed by atoms with Gasteiger partial charge in [0, 0.05) is 5.39 Å². The van der Waals surface area contributed by atoms with Crippen LogP contribution in [0.3, 0.4) is 0 Å². The Kier molecular flexibility index (Phi) is 3.14. The Morgan fingerprint density at radius 1 is 1.26 bits per heavy atom. The molecule has 1 aromatic heterocycles. The predicted octanol–water partition coefficient (Wildman–Crippen LogP) is 3.44. The molecule has 0 unspecified atom stereocenters. The highest BCUT2D eigenvalue weighted by Gasteiger charge is 2.19. The SMILES string of the molecule is CC(C)(C)c1cc(Cl)c2oc(=O)c(C(=O)O)cc2c1. The Balaban J connectivity index is 2.83. The molecule has 5 heteroatoms. The smallest absolute Gasteiger partial charge is 0.351 e. The first-order valence-corrected chi connectivity index (χ1v) is 6.09. The van der Waals surface area contributed by atoms with Crippen LogP contribution < -0.4 is 5.63 Å². The van der Waals surface area contributed by atoms with Crippen molar-refractivity contribution in [2.75, 3.05) is 0 Å². The van der Waals surface area contributed by atoms with Crippen molar-refractivity contribution < 1.29 is 14.3 Å². The van der Waals surface area contributed by atoms with Gasteiger partial charge in [0.2, 0.25) is 0 Å². The fourth-order valence-corrected chi connectivity index (χ4v) is 2.04. The molecule has 1 N–H and O–H groups in total. The van der Waals surface area contributed by atoms with Crippen molar-refractivity contribution in [3.63, 3.8) is 0 Å². The minimum atomic E-state index is -1.31. The maximum absolute atomic E-state index is 11.5. The minimum Gasteiger partial charge on any atom is -0.477 e. The average molecular weight is 281 g/mol. The second-order valence-electron chi connectivity index (χ2n) is 5.38. The van der Waals surface area contributed by atoms with Crippen LogP contribution >= 0.6 is 11.6 Å². The largest absolute Gasteiger partial charge is 0.477 e. The molecule has 0 spiro atoms. The van der Waals surface area contributed by atoms with Gasteiger partial charge in [-0.05, 0) is 29.2 Å². The van der Waals surface area contributed by atoms with Crippen LogP contribution in [0.1, 0.15) is 36.7 Å². The third-order valence-electron chi connectivity index (χ3n) is 2.88. The fourth-order valence-electron chi connectivity index (χ4n) is 1.77. The zero-order chi connectivity index (χ0) is 14.4. The van der Waals surface area contributed by atoms with E-state index in [-0.39, 0.29) is 11.0 Å². The number of aromatic carboxylic acids is 1. The van der Waals surface area contributed by atoms with Crippen molar-refractivity contribution in [2.24, 2.45) is 0 Å². The van der Waals surface area contributed by atoms with E-state index in [9.17, 15) is 9.59 Å². The molecule has 0 amide bonds. The van der Waals surface area contributed by atoms with Crippen molar-refractivity contribution in [3.05, 3.63) is 44.8 Å². The Labute approximate surface area is 114 Å².